The maximum atomic E-state index is 9.97. The molecule has 0 saturated carbocycles. The third kappa shape index (κ3) is 2.93. The van der Waals surface area contributed by atoms with E-state index in [1.165, 1.54) is 0 Å². The van der Waals surface area contributed by atoms with Crippen molar-refractivity contribution in [3.05, 3.63) is 0 Å². The Kier molecular flexibility index (Phi) is 3.81. The largest absolute Gasteiger partial charge is 0.389 e. The molecular weight excluding hydrogens is 210 g/mol. The Morgan fingerprint density at radius 2 is 2.12 bits per heavy atom. The van der Waals surface area contributed by atoms with Crippen LogP contribution in [0.2, 0.25) is 0 Å². The number of aliphatic hydroxyl groups is 1. The van der Waals surface area contributed by atoms with Gasteiger partial charge in [0.05, 0.1) is 25.4 Å². The van der Waals surface area contributed by atoms with Gasteiger partial charge in [-0.05, 0) is 21.0 Å². The average Bonchev–Trinajstić information content (AvgIpc) is 3.02. The van der Waals surface area contributed by atoms with Crippen molar-refractivity contribution in [3.8, 4) is 0 Å². The molecule has 0 radical (unpaired) electrons. The molecule has 2 aliphatic heterocycles. The summed E-state index contributed by atoms with van der Waals surface area (Å²) < 4.78 is 16.3. The summed E-state index contributed by atoms with van der Waals surface area (Å²) in [6.07, 6.45) is 0.0856. The molecule has 5 atom stereocenters. The lowest BCUT2D eigenvalue weighted by molar-refractivity contribution is -0.235. The first-order valence-electron chi connectivity index (χ1n) is 5.81. The summed E-state index contributed by atoms with van der Waals surface area (Å²) in [5, 5.41) is 9.97. The van der Waals surface area contributed by atoms with Gasteiger partial charge in [-0.15, -0.1) is 0 Å². The molecule has 2 saturated heterocycles. The molecule has 0 aromatic carbocycles. The summed E-state index contributed by atoms with van der Waals surface area (Å²) in [7, 11) is 3.93. The third-order valence-electron chi connectivity index (χ3n) is 3.21. The van der Waals surface area contributed by atoms with Crippen LogP contribution in [-0.4, -0.2) is 68.0 Å². The van der Waals surface area contributed by atoms with E-state index in [0.717, 1.165) is 6.61 Å². The molecule has 0 amide bonds. The quantitative estimate of drug-likeness (QED) is 0.681. The second kappa shape index (κ2) is 4.98. The van der Waals surface area contributed by atoms with Gasteiger partial charge in [0, 0.05) is 12.5 Å². The van der Waals surface area contributed by atoms with E-state index in [0.29, 0.717) is 13.0 Å². The summed E-state index contributed by atoms with van der Waals surface area (Å²) in [4.78, 5) is 2.02. The zero-order valence-electron chi connectivity index (χ0n) is 10.1. The molecule has 16 heavy (non-hydrogen) atoms. The lowest BCUT2D eigenvalue weighted by Gasteiger charge is -2.40. The zero-order chi connectivity index (χ0) is 11.7. The molecule has 2 fully saturated rings. The first kappa shape index (κ1) is 12.3. The molecule has 0 unspecified atom stereocenters. The monoisotopic (exact) mass is 231 g/mol. The Hall–Kier alpha value is -0.200. The van der Waals surface area contributed by atoms with Crippen LogP contribution in [0.5, 0.6) is 0 Å². The highest BCUT2D eigenvalue weighted by atomic mass is 16.7. The van der Waals surface area contributed by atoms with Crippen molar-refractivity contribution in [2.75, 3.05) is 27.3 Å². The van der Waals surface area contributed by atoms with Crippen LogP contribution in [0.4, 0.5) is 0 Å². The molecule has 0 aromatic heterocycles. The van der Waals surface area contributed by atoms with Gasteiger partial charge in [0.25, 0.3) is 0 Å². The second-order valence-corrected chi connectivity index (χ2v) is 4.82. The van der Waals surface area contributed by atoms with Gasteiger partial charge in [0.15, 0.2) is 6.29 Å². The highest BCUT2D eigenvalue weighted by Crippen LogP contribution is 2.24. The van der Waals surface area contributed by atoms with Crippen LogP contribution in [0.15, 0.2) is 0 Å². The summed E-state index contributed by atoms with van der Waals surface area (Å²) in [6, 6.07) is 0.0915. The van der Waals surface area contributed by atoms with E-state index < -0.39 is 6.10 Å². The van der Waals surface area contributed by atoms with Crippen LogP contribution in [0.3, 0.4) is 0 Å². The first-order chi connectivity index (χ1) is 7.58. The highest BCUT2D eigenvalue weighted by molar-refractivity contribution is 4.86. The molecule has 0 spiro atoms. The molecule has 2 rings (SSSR count). The van der Waals surface area contributed by atoms with Crippen molar-refractivity contribution in [1.29, 1.82) is 0 Å². The van der Waals surface area contributed by atoms with Gasteiger partial charge in [-0.3, -0.25) is 0 Å². The maximum absolute atomic E-state index is 9.97. The van der Waals surface area contributed by atoms with E-state index in [1.54, 1.807) is 0 Å². The Morgan fingerprint density at radius 3 is 2.69 bits per heavy atom. The molecule has 5 nitrogen and oxygen atoms in total. The fourth-order valence-electron chi connectivity index (χ4n) is 2.03. The van der Waals surface area contributed by atoms with E-state index >= 15 is 0 Å². The number of hydrogen-bond donors (Lipinski definition) is 1. The Labute approximate surface area is 96.3 Å². The van der Waals surface area contributed by atoms with Gasteiger partial charge in [-0.1, -0.05) is 0 Å². The molecule has 2 aliphatic rings. The van der Waals surface area contributed by atoms with E-state index in [1.807, 2.05) is 25.9 Å². The summed E-state index contributed by atoms with van der Waals surface area (Å²) in [5.74, 6) is 0. The van der Waals surface area contributed by atoms with Gasteiger partial charge in [0.1, 0.15) is 6.10 Å². The van der Waals surface area contributed by atoms with Gasteiger partial charge >= 0.3 is 0 Å². The van der Waals surface area contributed by atoms with Crippen LogP contribution in [0, 0.1) is 0 Å². The fourth-order valence-corrected chi connectivity index (χ4v) is 2.03. The maximum Gasteiger partial charge on any atom is 0.159 e. The Bertz CT molecular complexity index is 232. The third-order valence-corrected chi connectivity index (χ3v) is 3.21. The molecule has 0 aliphatic carbocycles. The van der Waals surface area contributed by atoms with Crippen molar-refractivity contribution in [3.63, 3.8) is 0 Å². The van der Waals surface area contributed by atoms with E-state index in [2.05, 4.69) is 0 Å². The fraction of sp³-hybridized carbons (Fsp3) is 1.00. The summed E-state index contributed by atoms with van der Waals surface area (Å²) >= 11 is 0. The van der Waals surface area contributed by atoms with Gasteiger partial charge in [0.2, 0.25) is 0 Å². The van der Waals surface area contributed by atoms with Crippen LogP contribution in [-0.2, 0) is 14.2 Å². The lowest BCUT2D eigenvalue weighted by Crippen LogP contribution is -2.53. The summed E-state index contributed by atoms with van der Waals surface area (Å²) in [6.45, 7) is 3.26. The van der Waals surface area contributed by atoms with Gasteiger partial charge in [-0.25, -0.2) is 0 Å². The van der Waals surface area contributed by atoms with E-state index in [9.17, 15) is 5.11 Å². The Balaban J connectivity index is 1.84. The SMILES string of the molecule is C[C@H]1O[C@H](OC[C@H]2CO2)C[C@@H](N(C)C)[C@@H]1O. The number of ether oxygens (including phenoxy) is 3. The standard InChI is InChI=1S/C11H21NO4/c1-7-11(13)9(12(2)3)4-10(16-7)15-6-8-5-14-8/h7-11,13H,4-6H2,1-3H3/t7-,8-,9-,10+,11-/m1/s1. The van der Waals surface area contributed by atoms with Crippen molar-refractivity contribution in [1.82, 2.24) is 4.90 Å². The van der Waals surface area contributed by atoms with Crippen molar-refractivity contribution >= 4 is 0 Å². The Morgan fingerprint density at radius 1 is 1.44 bits per heavy atom. The number of hydrogen-bond acceptors (Lipinski definition) is 5. The second-order valence-electron chi connectivity index (χ2n) is 4.82. The number of nitrogens with zero attached hydrogens (tertiary/aromatic N) is 1. The van der Waals surface area contributed by atoms with Crippen LogP contribution < -0.4 is 0 Å². The number of likely N-dealkylation sites (N-methyl/N-ethyl adjacent to an activating group) is 1. The first-order valence-corrected chi connectivity index (χ1v) is 5.81. The number of rotatable bonds is 4. The minimum atomic E-state index is -0.452. The molecule has 2 heterocycles. The van der Waals surface area contributed by atoms with E-state index in [4.69, 9.17) is 14.2 Å². The number of epoxide rings is 1. The molecular formula is C11H21NO4. The van der Waals surface area contributed by atoms with Crippen molar-refractivity contribution < 1.29 is 19.3 Å². The minimum Gasteiger partial charge on any atom is -0.389 e. The predicted octanol–water partition coefficient (Wildman–Crippen LogP) is -0.172. The molecule has 0 aromatic rings. The highest BCUT2D eigenvalue weighted by Gasteiger charge is 2.37. The lowest BCUT2D eigenvalue weighted by atomic mass is 9.99. The topological polar surface area (TPSA) is 54.5 Å². The normalized spacial score (nSPS) is 43.7. The minimum absolute atomic E-state index is 0.0915. The molecule has 0 bridgehead atoms. The van der Waals surface area contributed by atoms with Gasteiger partial charge in [-0.2, -0.15) is 0 Å². The van der Waals surface area contributed by atoms with E-state index in [-0.39, 0.29) is 24.5 Å². The van der Waals surface area contributed by atoms with Crippen molar-refractivity contribution in [2.45, 2.75) is 44.0 Å². The number of aliphatic hydroxyl groups excluding tert-OH is 1. The zero-order valence-corrected chi connectivity index (χ0v) is 10.1. The van der Waals surface area contributed by atoms with Crippen LogP contribution >= 0.6 is 0 Å². The summed E-state index contributed by atoms with van der Waals surface area (Å²) in [5.41, 5.74) is 0. The van der Waals surface area contributed by atoms with Crippen molar-refractivity contribution in [2.24, 2.45) is 0 Å². The smallest absolute Gasteiger partial charge is 0.159 e. The molecule has 94 valence electrons. The average molecular weight is 231 g/mol. The van der Waals surface area contributed by atoms with Crippen LogP contribution in [0.25, 0.3) is 0 Å². The predicted molar refractivity (Wildman–Crippen MR) is 58.1 cm³/mol. The molecule has 5 heteroatoms. The van der Waals surface area contributed by atoms with Gasteiger partial charge < -0.3 is 24.2 Å². The van der Waals surface area contributed by atoms with Crippen LogP contribution in [0.1, 0.15) is 13.3 Å². The molecule has 1 N–H and O–H groups in total.